The number of methoxy groups -OCH3 is 1. The lowest BCUT2D eigenvalue weighted by molar-refractivity contribution is -0.122. The molecule has 1 heterocycles. The second-order valence-electron chi connectivity index (χ2n) is 5.95. The van der Waals surface area contributed by atoms with Gasteiger partial charge in [0.2, 0.25) is 11.8 Å². The number of hydrogen-bond donors (Lipinski definition) is 2. The van der Waals surface area contributed by atoms with E-state index in [2.05, 4.69) is 5.32 Å². The molecule has 0 aromatic heterocycles. The molecule has 1 aliphatic rings. The number of carboxylic acid groups (broad SMARTS) is 1. The maximum atomic E-state index is 12.5. The highest BCUT2D eigenvalue weighted by Crippen LogP contribution is 2.33. The van der Waals surface area contributed by atoms with E-state index in [1.54, 1.807) is 30.3 Å². The van der Waals surface area contributed by atoms with Crippen molar-refractivity contribution in [3.63, 3.8) is 0 Å². The van der Waals surface area contributed by atoms with E-state index in [0.717, 1.165) is 0 Å². The Morgan fingerprint density at radius 1 is 1.19 bits per heavy atom. The van der Waals surface area contributed by atoms with Crippen LogP contribution in [0.1, 0.15) is 16.8 Å². The molecule has 2 N–H and O–H groups in total. The number of anilines is 2. The smallest absolute Gasteiger partial charge is 0.335 e. The van der Waals surface area contributed by atoms with Crippen LogP contribution in [-0.4, -0.2) is 36.5 Å². The monoisotopic (exact) mass is 354 g/mol. The van der Waals surface area contributed by atoms with Crippen molar-refractivity contribution in [2.75, 3.05) is 23.9 Å². The largest absolute Gasteiger partial charge is 0.495 e. The number of nitrogens with zero attached hydrogens (tertiary/aromatic N) is 1. The van der Waals surface area contributed by atoms with Gasteiger partial charge in [0.1, 0.15) is 5.75 Å². The van der Waals surface area contributed by atoms with Crippen LogP contribution in [0.3, 0.4) is 0 Å². The van der Waals surface area contributed by atoms with Gasteiger partial charge in [-0.05, 0) is 30.3 Å². The molecule has 1 saturated heterocycles. The number of rotatable bonds is 5. The van der Waals surface area contributed by atoms with E-state index in [1.165, 1.54) is 24.1 Å². The first kappa shape index (κ1) is 17.5. The second-order valence-corrected chi connectivity index (χ2v) is 5.95. The molecule has 0 bridgehead atoms. The molecule has 1 fully saturated rings. The van der Waals surface area contributed by atoms with Gasteiger partial charge in [0.15, 0.2) is 0 Å². The molecule has 7 nitrogen and oxygen atoms in total. The van der Waals surface area contributed by atoms with Gasteiger partial charge >= 0.3 is 5.97 Å². The first-order valence-corrected chi connectivity index (χ1v) is 8.07. The number of para-hydroxylation sites is 2. The van der Waals surface area contributed by atoms with Crippen LogP contribution >= 0.6 is 0 Å². The van der Waals surface area contributed by atoms with Crippen LogP contribution in [0, 0.1) is 5.92 Å². The fourth-order valence-corrected chi connectivity index (χ4v) is 2.94. The highest BCUT2D eigenvalue weighted by Gasteiger charge is 2.36. The molecule has 0 aliphatic carbocycles. The summed E-state index contributed by atoms with van der Waals surface area (Å²) in [5.74, 6) is -1.51. The van der Waals surface area contributed by atoms with E-state index >= 15 is 0 Å². The van der Waals surface area contributed by atoms with Crippen LogP contribution in [0.2, 0.25) is 0 Å². The van der Waals surface area contributed by atoms with Gasteiger partial charge in [-0.2, -0.15) is 0 Å². The van der Waals surface area contributed by atoms with Crippen molar-refractivity contribution in [2.24, 2.45) is 5.92 Å². The lowest BCUT2D eigenvalue weighted by Gasteiger charge is -2.19. The Morgan fingerprint density at radius 2 is 1.96 bits per heavy atom. The number of carboxylic acids is 1. The molecular weight excluding hydrogens is 336 g/mol. The SMILES string of the molecule is COc1ccccc1N1C[C@H](C(=O)Nc2cccc(C(=O)O)c2)CC1=O. The quantitative estimate of drug-likeness (QED) is 0.859. The Kier molecular flexibility index (Phi) is 4.88. The van der Waals surface area contributed by atoms with Gasteiger partial charge in [0.25, 0.3) is 0 Å². The van der Waals surface area contributed by atoms with Gasteiger partial charge in [0.05, 0.1) is 24.3 Å². The highest BCUT2D eigenvalue weighted by molar-refractivity contribution is 6.04. The molecule has 0 saturated carbocycles. The number of carbonyl (C=O) groups is 3. The lowest BCUT2D eigenvalue weighted by atomic mass is 10.1. The van der Waals surface area contributed by atoms with E-state index in [9.17, 15) is 14.4 Å². The van der Waals surface area contributed by atoms with Crippen LogP contribution in [0.5, 0.6) is 5.75 Å². The Hall–Kier alpha value is -3.35. The normalized spacial score (nSPS) is 16.4. The summed E-state index contributed by atoms with van der Waals surface area (Å²) in [6.45, 7) is 0.240. The average Bonchev–Trinajstić information content (AvgIpc) is 3.03. The minimum atomic E-state index is -1.07. The molecule has 3 rings (SSSR count). The predicted octanol–water partition coefficient (Wildman–Crippen LogP) is 2.38. The number of aromatic carboxylic acids is 1. The van der Waals surface area contributed by atoms with Crippen LogP contribution in [-0.2, 0) is 9.59 Å². The van der Waals surface area contributed by atoms with E-state index in [1.807, 2.05) is 6.07 Å². The summed E-state index contributed by atoms with van der Waals surface area (Å²) in [7, 11) is 1.53. The molecule has 0 radical (unpaired) electrons. The number of hydrogen-bond acceptors (Lipinski definition) is 4. The summed E-state index contributed by atoms with van der Waals surface area (Å²) in [4.78, 5) is 37.4. The van der Waals surface area contributed by atoms with Crippen molar-refractivity contribution in [3.8, 4) is 5.75 Å². The summed E-state index contributed by atoms with van der Waals surface area (Å²) in [5, 5.41) is 11.7. The molecule has 2 amide bonds. The minimum Gasteiger partial charge on any atom is -0.495 e. The van der Waals surface area contributed by atoms with Crippen molar-refractivity contribution < 1.29 is 24.2 Å². The van der Waals surface area contributed by atoms with Crippen molar-refractivity contribution in [1.82, 2.24) is 0 Å². The third-order valence-corrected chi connectivity index (χ3v) is 4.25. The fourth-order valence-electron chi connectivity index (χ4n) is 2.94. The average molecular weight is 354 g/mol. The van der Waals surface area contributed by atoms with Gasteiger partial charge in [-0.15, -0.1) is 0 Å². The molecule has 1 aliphatic heterocycles. The van der Waals surface area contributed by atoms with Gasteiger partial charge < -0.3 is 20.1 Å². The first-order chi connectivity index (χ1) is 12.5. The third-order valence-electron chi connectivity index (χ3n) is 4.25. The van der Waals surface area contributed by atoms with Crippen LogP contribution in [0.25, 0.3) is 0 Å². The zero-order valence-electron chi connectivity index (χ0n) is 14.1. The van der Waals surface area contributed by atoms with Gasteiger partial charge in [-0.25, -0.2) is 4.79 Å². The number of benzene rings is 2. The van der Waals surface area contributed by atoms with Gasteiger partial charge in [-0.3, -0.25) is 9.59 Å². The van der Waals surface area contributed by atoms with Crippen molar-refractivity contribution in [3.05, 3.63) is 54.1 Å². The zero-order chi connectivity index (χ0) is 18.7. The molecule has 0 spiro atoms. The maximum Gasteiger partial charge on any atom is 0.335 e. The Labute approximate surface area is 150 Å². The predicted molar refractivity (Wildman–Crippen MR) is 95.5 cm³/mol. The molecule has 1 atom stereocenters. The maximum absolute atomic E-state index is 12.5. The van der Waals surface area contributed by atoms with E-state index in [0.29, 0.717) is 17.1 Å². The zero-order valence-corrected chi connectivity index (χ0v) is 14.1. The summed E-state index contributed by atoms with van der Waals surface area (Å²) in [5.41, 5.74) is 1.10. The van der Waals surface area contributed by atoms with Crippen LogP contribution in [0.4, 0.5) is 11.4 Å². The molecular formula is C19H18N2O5. The second kappa shape index (κ2) is 7.26. The van der Waals surface area contributed by atoms with E-state index in [4.69, 9.17) is 9.84 Å². The Balaban J connectivity index is 1.73. The fraction of sp³-hybridized carbons (Fsp3) is 0.211. The van der Waals surface area contributed by atoms with Gasteiger partial charge in [-0.1, -0.05) is 18.2 Å². The minimum absolute atomic E-state index is 0.0842. The van der Waals surface area contributed by atoms with Gasteiger partial charge in [0, 0.05) is 18.7 Å². The summed E-state index contributed by atoms with van der Waals surface area (Å²) in [6.07, 6.45) is 0.0858. The lowest BCUT2D eigenvalue weighted by Crippen LogP contribution is -2.28. The topological polar surface area (TPSA) is 95.9 Å². The van der Waals surface area contributed by atoms with E-state index in [-0.39, 0.29) is 30.3 Å². The summed E-state index contributed by atoms with van der Waals surface area (Å²) in [6, 6.07) is 13.1. The van der Waals surface area contributed by atoms with Crippen LogP contribution in [0.15, 0.2) is 48.5 Å². The number of carbonyl (C=O) groups excluding carboxylic acids is 2. The number of ether oxygens (including phenoxy) is 1. The van der Waals surface area contributed by atoms with Crippen LogP contribution < -0.4 is 15.0 Å². The molecule has 26 heavy (non-hydrogen) atoms. The third kappa shape index (κ3) is 3.51. The number of amides is 2. The first-order valence-electron chi connectivity index (χ1n) is 8.07. The van der Waals surface area contributed by atoms with Crippen molar-refractivity contribution in [2.45, 2.75) is 6.42 Å². The number of nitrogens with one attached hydrogen (secondary N) is 1. The molecule has 134 valence electrons. The standard InChI is InChI=1S/C19H18N2O5/c1-26-16-8-3-2-7-15(16)21-11-13(10-17(21)22)18(23)20-14-6-4-5-12(9-14)19(24)25/h2-9,13H,10-11H2,1H3,(H,20,23)(H,24,25)/t13-/m1/s1. The highest BCUT2D eigenvalue weighted by atomic mass is 16.5. The Bertz CT molecular complexity index is 865. The van der Waals surface area contributed by atoms with Crippen molar-refractivity contribution in [1.29, 1.82) is 0 Å². The van der Waals surface area contributed by atoms with E-state index < -0.39 is 11.9 Å². The summed E-state index contributed by atoms with van der Waals surface area (Å²) < 4.78 is 5.28. The molecule has 0 unspecified atom stereocenters. The molecule has 2 aromatic carbocycles. The summed E-state index contributed by atoms with van der Waals surface area (Å²) >= 11 is 0. The Morgan fingerprint density at radius 3 is 2.69 bits per heavy atom. The molecule has 2 aromatic rings. The molecule has 7 heteroatoms. The van der Waals surface area contributed by atoms with Crippen molar-refractivity contribution >= 4 is 29.2 Å².